The van der Waals surface area contributed by atoms with Crippen LogP contribution in [0.2, 0.25) is 0 Å². The summed E-state index contributed by atoms with van der Waals surface area (Å²) in [4.78, 5) is 0. The van der Waals surface area contributed by atoms with Crippen LogP contribution in [0.5, 0.6) is 0 Å². The van der Waals surface area contributed by atoms with E-state index in [2.05, 4.69) is 6.58 Å². The van der Waals surface area contributed by atoms with Gasteiger partial charge < -0.3 is 0 Å². The van der Waals surface area contributed by atoms with Crippen molar-refractivity contribution in [3.05, 3.63) is 59.7 Å². The van der Waals surface area contributed by atoms with Crippen LogP contribution < -0.4 is 0 Å². The van der Waals surface area contributed by atoms with Gasteiger partial charge in [0.25, 0.3) is 0 Å². The highest BCUT2D eigenvalue weighted by Crippen LogP contribution is 2.40. The number of rotatable bonds is 4. The van der Waals surface area contributed by atoms with Gasteiger partial charge in [0.2, 0.25) is 0 Å². The van der Waals surface area contributed by atoms with Gasteiger partial charge in [0.1, 0.15) is 17.2 Å². The zero-order valence-electron chi connectivity index (χ0n) is 14.4. The largest absolute Gasteiger partial charge is 0.422 e. The summed E-state index contributed by atoms with van der Waals surface area (Å²) in [6.45, 7) is 3.74. The second-order valence-corrected chi connectivity index (χ2v) is 7.11. The zero-order chi connectivity index (χ0) is 18.9. The zero-order valence-corrected chi connectivity index (χ0v) is 14.4. The van der Waals surface area contributed by atoms with Crippen LogP contribution in [0.15, 0.2) is 36.9 Å². The lowest BCUT2D eigenvalue weighted by atomic mass is 9.77. The molecular formula is C21H21F5. The molecule has 0 heterocycles. The van der Waals surface area contributed by atoms with E-state index < -0.39 is 23.4 Å². The molecule has 0 saturated heterocycles. The highest BCUT2D eigenvalue weighted by molar-refractivity contribution is 5.85. The van der Waals surface area contributed by atoms with Crippen molar-refractivity contribution in [1.82, 2.24) is 0 Å². The first kappa shape index (κ1) is 18.9. The number of halogens is 5. The Morgan fingerprint density at radius 3 is 2.35 bits per heavy atom. The van der Waals surface area contributed by atoms with E-state index in [1.807, 2.05) is 6.08 Å². The van der Waals surface area contributed by atoms with Crippen LogP contribution in [0.4, 0.5) is 22.0 Å². The average molecular weight is 368 g/mol. The van der Waals surface area contributed by atoms with Crippen LogP contribution in [-0.2, 0) is 6.18 Å². The third kappa shape index (κ3) is 3.76. The summed E-state index contributed by atoms with van der Waals surface area (Å²) < 4.78 is 66.6. The third-order valence-corrected chi connectivity index (χ3v) is 5.43. The van der Waals surface area contributed by atoms with Crippen LogP contribution in [0.3, 0.4) is 0 Å². The molecule has 3 rings (SSSR count). The van der Waals surface area contributed by atoms with Crippen molar-refractivity contribution >= 4 is 10.8 Å². The fourth-order valence-corrected chi connectivity index (χ4v) is 4.00. The first-order chi connectivity index (χ1) is 12.3. The number of hydrogen-bond donors (Lipinski definition) is 0. The molecule has 0 aromatic heterocycles. The maximum atomic E-state index is 14.2. The fraction of sp³-hybridized carbons (Fsp3) is 0.429. The Morgan fingerprint density at radius 1 is 1.04 bits per heavy atom. The van der Waals surface area contributed by atoms with Crippen LogP contribution in [0.1, 0.15) is 55.6 Å². The molecule has 1 aliphatic rings. The lowest BCUT2D eigenvalue weighted by molar-refractivity contribution is -0.142. The van der Waals surface area contributed by atoms with Crippen molar-refractivity contribution in [2.24, 2.45) is 5.92 Å². The Hall–Kier alpha value is -1.91. The number of alkyl halides is 3. The molecule has 0 atom stereocenters. The fourth-order valence-electron chi connectivity index (χ4n) is 4.00. The Labute approximate surface area is 149 Å². The van der Waals surface area contributed by atoms with Crippen LogP contribution in [0.25, 0.3) is 10.8 Å². The summed E-state index contributed by atoms with van der Waals surface area (Å²) >= 11 is 0. The number of fused-ring (bicyclic) bond motifs is 1. The van der Waals surface area contributed by atoms with E-state index in [4.69, 9.17) is 0 Å². The van der Waals surface area contributed by atoms with E-state index in [1.165, 1.54) is 6.07 Å². The molecule has 0 aliphatic heterocycles. The summed E-state index contributed by atoms with van der Waals surface area (Å²) in [5.41, 5.74) is -0.876. The summed E-state index contributed by atoms with van der Waals surface area (Å²) in [6.07, 6.45) is 3.16. The van der Waals surface area contributed by atoms with E-state index in [0.717, 1.165) is 50.2 Å². The van der Waals surface area contributed by atoms with E-state index in [1.54, 1.807) is 12.1 Å². The molecule has 2 aromatic carbocycles. The normalized spacial score (nSPS) is 21.1. The van der Waals surface area contributed by atoms with Crippen molar-refractivity contribution in [3.63, 3.8) is 0 Å². The first-order valence-electron chi connectivity index (χ1n) is 8.91. The maximum absolute atomic E-state index is 14.2. The quantitative estimate of drug-likeness (QED) is 0.390. The summed E-state index contributed by atoms with van der Waals surface area (Å²) in [6, 6.07) is 5.45. The molecule has 140 valence electrons. The minimum atomic E-state index is -5.05. The van der Waals surface area contributed by atoms with Gasteiger partial charge in [0.05, 0.1) is 0 Å². The SMILES string of the molecule is C=CCCC1CCC(c2ccc3c(F)c(C(F)(F)F)c(F)cc3c2)CC1. The maximum Gasteiger partial charge on any atom is 0.422 e. The molecule has 0 N–H and O–H groups in total. The molecule has 0 radical (unpaired) electrons. The number of benzene rings is 2. The highest BCUT2D eigenvalue weighted by Gasteiger charge is 2.38. The minimum absolute atomic E-state index is 0.180. The molecule has 1 fully saturated rings. The van der Waals surface area contributed by atoms with Gasteiger partial charge in [-0.05, 0) is 67.4 Å². The lowest BCUT2D eigenvalue weighted by Gasteiger charge is -2.29. The molecule has 0 amide bonds. The van der Waals surface area contributed by atoms with Gasteiger partial charge in [-0.3, -0.25) is 0 Å². The molecule has 0 spiro atoms. The van der Waals surface area contributed by atoms with Gasteiger partial charge in [0, 0.05) is 5.39 Å². The van der Waals surface area contributed by atoms with Gasteiger partial charge >= 0.3 is 6.18 Å². The molecular weight excluding hydrogens is 347 g/mol. The van der Waals surface area contributed by atoms with Crippen molar-refractivity contribution in [2.45, 2.75) is 50.6 Å². The standard InChI is InChI=1S/C21H21F5/c1-2-3-4-13-5-7-14(8-6-13)15-9-10-17-16(11-15)12-18(22)19(20(17)23)21(24,25)26/h2,9-14H,1,3-8H2. The molecule has 0 nitrogen and oxygen atoms in total. The van der Waals surface area contributed by atoms with Gasteiger partial charge in [-0.25, -0.2) is 8.78 Å². The van der Waals surface area contributed by atoms with E-state index in [0.29, 0.717) is 5.92 Å². The lowest BCUT2D eigenvalue weighted by Crippen LogP contribution is -2.14. The third-order valence-electron chi connectivity index (χ3n) is 5.43. The van der Waals surface area contributed by atoms with Crippen LogP contribution in [0, 0.1) is 17.6 Å². The Morgan fingerprint density at radius 2 is 1.73 bits per heavy atom. The van der Waals surface area contributed by atoms with Crippen molar-refractivity contribution in [1.29, 1.82) is 0 Å². The Balaban J connectivity index is 1.86. The van der Waals surface area contributed by atoms with E-state index in [9.17, 15) is 22.0 Å². The predicted molar refractivity (Wildman–Crippen MR) is 93.0 cm³/mol. The average Bonchev–Trinajstić information content (AvgIpc) is 2.58. The van der Waals surface area contributed by atoms with Crippen LogP contribution >= 0.6 is 0 Å². The summed E-state index contributed by atoms with van der Waals surface area (Å²) in [5, 5.41) is -0.0126. The smallest absolute Gasteiger partial charge is 0.206 e. The predicted octanol–water partition coefficient (Wildman–Crippen LogP) is 7.38. The second kappa shape index (κ2) is 7.37. The van der Waals surface area contributed by atoms with Gasteiger partial charge in [-0.1, -0.05) is 24.3 Å². The van der Waals surface area contributed by atoms with Crippen LogP contribution in [-0.4, -0.2) is 0 Å². The Bertz CT molecular complexity index is 798. The second-order valence-electron chi connectivity index (χ2n) is 7.11. The van der Waals surface area contributed by atoms with E-state index in [-0.39, 0.29) is 16.7 Å². The highest BCUT2D eigenvalue weighted by atomic mass is 19.4. The molecule has 0 unspecified atom stereocenters. The Kier molecular flexibility index (Phi) is 5.35. The van der Waals surface area contributed by atoms with Crippen molar-refractivity contribution in [3.8, 4) is 0 Å². The molecule has 0 bridgehead atoms. The monoisotopic (exact) mass is 368 g/mol. The molecule has 1 aliphatic carbocycles. The minimum Gasteiger partial charge on any atom is -0.206 e. The first-order valence-corrected chi connectivity index (χ1v) is 8.91. The molecule has 26 heavy (non-hydrogen) atoms. The summed E-state index contributed by atoms with van der Waals surface area (Å²) in [7, 11) is 0. The summed E-state index contributed by atoms with van der Waals surface area (Å²) in [5.74, 6) is -2.14. The molecule has 1 saturated carbocycles. The van der Waals surface area contributed by atoms with Gasteiger partial charge in [0.15, 0.2) is 0 Å². The van der Waals surface area contributed by atoms with Crippen molar-refractivity contribution < 1.29 is 22.0 Å². The topological polar surface area (TPSA) is 0 Å². The van der Waals surface area contributed by atoms with Gasteiger partial charge in [-0.15, -0.1) is 6.58 Å². The van der Waals surface area contributed by atoms with Crippen molar-refractivity contribution in [2.75, 3.05) is 0 Å². The molecule has 2 aromatic rings. The molecule has 5 heteroatoms. The number of allylic oxidation sites excluding steroid dienone is 1. The number of hydrogen-bond acceptors (Lipinski definition) is 0. The van der Waals surface area contributed by atoms with Gasteiger partial charge in [-0.2, -0.15) is 13.2 Å². The van der Waals surface area contributed by atoms with E-state index >= 15 is 0 Å².